The Morgan fingerprint density at radius 1 is 1.25 bits per heavy atom. The second-order valence-electron chi connectivity index (χ2n) is 5.52. The van der Waals surface area contributed by atoms with Crippen LogP contribution in [0.25, 0.3) is 0 Å². The minimum atomic E-state index is -0.508. The van der Waals surface area contributed by atoms with E-state index in [9.17, 15) is 14.9 Å². The quantitative estimate of drug-likeness (QED) is 0.612. The Balaban J connectivity index is 1.89. The normalized spacial score (nSPS) is 11.6. The Labute approximate surface area is 140 Å². The van der Waals surface area contributed by atoms with E-state index >= 15 is 0 Å². The van der Waals surface area contributed by atoms with Crippen LogP contribution in [0.1, 0.15) is 31.7 Å². The first-order chi connectivity index (χ1) is 11.5. The van der Waals surface area contributed by atoms with Gasteiger partial charge in [0.25, 0.3) is 11.6 Å². The van der Waals surface area contributed by atoms with Gasteiger partial charge in [0.05, 0.1) is 11.0 Å². The largest absolute Gasteiger partial charge is 0.484 e. The zero-order chi connectivity index (χ0) is 17.5. The minimum Gasteiger partial charge on any atom is -0.484 e. The summed E-state index contributed by atoms with van der Waals surface area (Å²) in [7, 11) is 0. The van der Waals surface area contributed by atoms with Gasteiger partial charge in [-0.05, 0) is 36.1 Å². The van der Waals surface area contributed by atoms with E-state index in [0.29, 0.717) is 11.6 Å². The third-order valence-corrected chi connectivity index (χ3v) is 3.77. The Bertz CT molecular complexity index is 713. The predicted molar refractivity (Wildman–Crippen MR) is 92.4 cm³/mol. The standard InChI is InChI=1S/C18H20N2O4/c1-3-13(2)14-7-9-15(10-8-14)19-18(21)12-24-17-6-4-5-16(11-17)20(22)23/h4-11,13H,3,12H2,1-2H3,(H,19,21)/t13-/m0/s1. The Morgan fingerprint density at radius 3 is 2.58 bits per heavy atom. The zero-order valence-corrected chi connectivity index (χ0v) is 13.7. The van der Waals surface area contributed by atoms with Gasteiger partial charge in [-0.3, -0.25) is 14.9 Å². The lowest BCUT2D eigenvalue weighted by molar-refractivity contribution is -0.384. The van der Waals surface area contributed by atoms with E-state index in [0.717, 1.165) is 6.42 Å². The van der Waals surface area contributed by atoms with Crippen LogP contribution in [0.3, 0.4) is 0 Å². The second kappa shape index (κ2) is 8.10. The van der Waals surface area contributed by atoms with Crippen LogP contribution in [0.4, 0.5) is 11.4 Å². The number of anilines is 1. The summed E-state index contributed by atoms with van der Waals surface area (Å²) < 4.78 is 5.29. The van der Waals surface area contributed by atoms with E-state index in [1.54, 1.807) is 6.07 Å². The summed E-state index contributed by atoms with van der Waals surface area (Å²) in [6, 6.07) is 13.4. The maximum Gasteiger partial charge on any atom is 0.273 e. The number of nitro benzene ring substituents is 1. The first kappa shape index (κ1) is 17.5. The molecule has 2 aromatic carbocycles. The van der Waals surface area contributed by atoms with E-state index in [-0.39, 0.29) is 24.0 Å². The number of nitro groups is 1. The van der Waals surface area contributed by atoms with Crippen molar-refractivity contribution in [1.29, 1.82) is 0 Å². The number of carbonyl (C=O) groups excluding carboxylic acids is 1. The molecule has 0 saturated carbocycles. The van der Waals surface area contributed by atoms with E-state index < -0.39 is 4.92 Å². The highest BCUT2D eigenvalue weighted by Gasteiger charge is 2.09. The van der Waals surface area contributed by atoms with E-state index in [2.05, 4.69) is 19.2 Å². The molecule has 0 aromatic heterocycles. The zero-order valence-electron chi connectivity index (χ0n) is 13.7. The van der Waals surface area contributed by atoms with Crippen molar-refractivity contribution in [2.75, 3.05) is 11.9 Å². The Morgan fingerprint density at radius 2 is 1.96 bits per heavy atom. The van der Waals surface area contributed by atoms with Crippen molar-refractivity contribution in [1.82, 2.24) is 0 Å². The maximum atomic E-state index is 11.9. The number of hydrogen-bond acceptors (Lipinski definition) is 4. The lowest BCUT2D eigenvalue weighted by Crippen LogP contribution is -2.20. The highest BCUT2D eigenvalue weighted by molar-refractivity contribution is 5.91. The molecule has 0 heterocycles. The number of carbonyl (C=O) groups is 1. The van der Waals surface area contributed by atoms with Crippen LogP contribution in [-0.4, -0.2) is 17.4 Å². The van der Waals surface area contributed by atoms with Crippen LogP contribution in [0.15, 0.2) is 48.5 Å². The van der Waals surface area contributed by atoms with Crippen LogP contribution >= 0.6 is 0 Å². The van der Waals surface area contributed by atoms with E-state index in [1.165, 1.54) is 23.8 Å². The molecule has 2 aromatic rings. The van der Waals surface area contributed by atoms with Crippen molar-refractivity contribution in [3.8, 4) is 5.75 Å². The molecule has 0 aliphatic rings. The van der Waals surface area contributed by atoms with Gasteiger partial charge in [-0.2, -0.15) is 0 Å². The van der Waals surface area contributed by atoms with Crippen LogP contribution in [0.5, 0.6) is 5.75 Å². The fourth-order valence-electron chi connectivity index (χ4n) is 2.16. The summed E-state index contributed by atoms with van der Waals surface area (Å²) in [4.78, 5) is 22.1. The monoisotopic (exact) mass is 328 g/mol. The maximum absolute atomic E-state index is 11.9. The van der Waals surface area contributed by atoms with Crippen LogP contribution in [0.2, 0.25) is 0 Å². The van der Waals surface area contributed by atoms with Crippen LogP contribution in [-0.2, 0) is 4.79 Å². The molecule has 126 valence electrons. The number of hydrogen-bond donors (Lipinski definition) is 1. The molecule has 0 radical (unpaired) electrons. The van der Waals surface area contributed by atoms with Gasteiger partial charge in [-0.25, -0.2) is 0 Å². The van der Waals surface area contributed by atoms with Gasteiger partial charge in [0.15, 0.2) is 6.61 Å². The van der Waals surface area contributed by atoms with Gasteiger partial charge in [0.2, 0.25) is 0 Å². The molecule has 2 rings (SSSR count). The summed E-state index contributed by atoms with van der Waals surface area (Å²) in [5.74, 6) is 0.441. The van der Waals surface area contributed by atoms with Gasteiger partial charge < -0.3 is 10.1 Å². The number of rotatable bonds is 7. The molecule has 1 N–H and O–H groups in total. The number of nitrogens with one attached hydrogen (secondary N) is 1. The van der Waals surface area contributed by atoms with Crippen molar-refractivity contribution in [2.45, 2.75) is 26.2 Å². The molecular formula is C18H20N2O4. The van der Waals surface area contributed by atoms with Crippen molar-refractivity contribution >= 4 is 17.3 Å². The van der Waals surface area contributed by atoms with Crippen molar-refractivity contribution in [3.63, 3.8) is 0 Å². The molecule has 6 heteroatoms. The topological polar surface area (TPSA) is 81.5 Å². The van der Waals surface area contributed by atoms with E-state index in [1.807, 2.05) is 24.3 Å². The summed E-state index contributed by atoms with van der Waals surface area (Å²) in [5.41, 5.74) is 1.84. The molecule has 0 unspecified atom stereocenters. The summed E-state index contributed by atoms with van der Waals surface area (Å²) in [5, 5.41) is 13.4. The van der Waals surface area contributed by atoms with Gasteiger partial charge in [-0.1, -0.05) is 32.0 Å². The molecule has 0 bridgehead atoms. The lowest BCUT2D eigenvalue weighted by atomic mass is 9.99. The summed E-state index contributed by atoms with van der Waals surface area (Å²) >= 11 is 0. The smallest absolute Gasteiger partial charge is 0.273 e. The number of ether oxygens (including phenoxy) is 1. The second-order valence-corrected chi connectivity index (χ2v) is 5.52. The highest BCUT2D eigenvalue weighted by Crippen LogP contribution is 2.21. The van der Waals surface area contributed by atoms with Crippen molar-refractivity contribution in [2.24, 2.45) is 0 Å². The summed E-state index contributed by atoms with van der Waals surface area (Å²) in [6.45, 7) is 4.07. The first-order valence-electron chi connectivity index (χ1n) is 7.76. The number of non-ortho nitro benzene ring substituents is 1. The molecule has 1 atom stereocenters. The number of amides is 1. The van der Waals surface area contributed by atoms with Crippen molar-refractivity contribution in [3.05, 3.63) is 64.2 Å². The first-order valence-corrected chi connectivity index (χ1v) is 7.76. The van der Waals surface area contributed by atoms with E-state index in [4.69, 9.17) is 4.74 Å². The molecule has 0 aliphatic heterocycles. The SMILES string of the molecule is CC[C@H](C)c1ccc(NC(=O)COc2cccc([N+](=O)[O-])c2)cc1. The third-order valence-electron chi connectivity index (χ3n) is 3.77. The molecular weight excluding hydrogens is 308 g/mol. The number of nitrogens with zero attached hydrogens (tertiary/aromatic N) is 1. The minimum absolute atomic E-state index is 0.0754. The molecule has 0 aliphatic carbocycles. The molecule has 24 heavy (non-hydrogen) atoms. The van der Waals surface area contributed by atoms with Gasteiger partial charge in [0, 0.05) is 11.8 Å². The number of benzene rings is 2. The predicted octanol–water partition coefficient (Wildman–Crippen LogP) is 4.13. The third kappa shape index (κ3) is 4.81. The van der Waals surface area contributed by atoms with Gasteiger partial charge in [-0.15, -0.1) is 0 Å². The molecule has 0 saturated heterocycles. The van der Waals surface area contributed by atoms with Gasteiger partial charge in [0.1, 0.15) is 5.75 Å². The van der Waals surface area contributed by atoms with Crippen LogP contribution in [0, 0.1) is 10.1 Å². The average molecular weight is 328 g/mol. The lowest BCUT2D eigenvalue weighted by Gasteiger charge is -2.11. The van der Waals surface area contributed by atoms with Gasteiger partial charge >= 0.3 is 0 Å². The Hall–Kier alpha value is -2.89. The molecule has 0 spiro atoms. The molecule has 0 fully saturated rings. The highest BCUT2D eigenvalue weighted by atomic mass is 16.6. The van der Waals surface area contributed by atoms with Crippen LogP contribution < -0.4 is 10.1 Å². The van der Waals surface area contributed by atoms with Crippen molar-refractivity contribution < 1.29 is 14.5 Å². The molecule has 1 amide bonds. The Kier molecular flexibility index (Phi) is 5.89. The fourth-order valence-corrected chi connectivity index (χ4v) is 2.16. The fraction of sp³-hybridized carbons (Fsp3) is 0.278. The average Bonchev–Trinajstić information content (AvgIpc) is 2.60. The molecule has 6 nitrogen and oxygen atoms in total. The summed E-state index contributed by atoms with van der Waals surface area (Å²) in [6.07, 6.45) is 1.06.